The van der Waals surface area contributed by atoms with Crippen molar-refractivity contribution in [2.75, 3.05) is 24.5 Å². The number of ether oxygens (including phenoxy) is 2. The Morgan fingerprint density at radius 2 is 1.97 bits per heavy atom. The Morgan fingerprint density at radius 3 is 2.59 bits per heavy atom. The molecule has 1 unspecified atom stereocenters. The molecule has 172 valence electrons. The van der Waals surface area contributed by atoms with E-state index in [0.717, 1.165) is 6.07 Å². The molecule has 0 spiro atoms. The highest BCUT2D eigenvalue weighted by Crippen LogP contribution is 2.22. The molecule has 1 aliphatic heterocycles. The Kier molecular flexibility index (Phi) is 6.86. The standard InChI is InChI=1S/C23H28FN3O5/c1-15-13-26(10-11-27(15)22(30)32-23(2,3)4)19-6-5-7-20(25-19)31-14-17-9-8-16(21(28)29)12-18(17)24/h5-9,12,15H,10-11,13-14H2,1-4H3,(H,28,29). The van der Waals surface area contributed by atoms with Gasteiger partial charge in [0.1, 0.15) is 23.8 Å². The Morgan fingerprint density at radius 1 is 1.22 bits per heavy atom. The maximum atomic E-state index is 14.1. The average molecular weight is 445 g/mol. The second kappa shape index (κ2) is 9.42. The number of hydrogen-bond acceptors (Lipinski definition) is 6. The van der Waals surface area contributed by atoms with Crippen LogP contribution in [0.2, 0.25) is 0 Å². The smallest absolute Gasteiger partial charge is 0.410 e. The van der Waals surface area contributed by atoms with Crippen molar-refractivity contribution in [1.29, 1.82) is 0 Å². The molecule has 1 aliphatic rings. The van der Waals surface area contributed by atoms with Gasteiger partial charge in [0.2, 0.25) is 5.88 Å². The van der Waals surface area contributed by atoms with Crippen LogP contribution in [0.25, 0.3) is 0 Å². The van der Waals surface area contributed by atoms with E-state index in [2.05, 4.69) is 9.88 Å². The fourth-order valence-corrected chi connectivity index (χ4v) is 3.37. The van der Waals surface area contributed by atoms with Gasteiger partial charge in [0.05, 0.1) is 5.56 Å². The first-order valence-corrected chi connectivity index (χ1v) is 10.4. The third kappa shape index (κ3) is 5.87. The molecule has 2 aromatic rings. The number of anilines is 1. The third-order valence-corrected chi connectivity index (χ3v) is 4.96. The van der Waals surface area contributed by atoms with Gasteiger partial charge in [-0.3, -0.25) is 0 Å². The molecule has 8 nitrogen and oxygen atoms in total. The van der Waals surface area contributed by atoms with Gasteiger partial charge in [0, 0.05) is 37.3 Å². The number of piperazine rings is 1. The van der Waals surface area contributed by atoms with Crippen LogP contribution in [0.3, 0.4) is 0 Å². The number of benzene rings is 1. The Bertz CT molecular complexity index is 992. The number of nitrogens with zero attached hydrogens (tertiary/aromatic N) is 3. The fourth-order valence-electron chi connectivity index (χ4n) is 3.37. The molecule has 0 radical (unpaired) electrons. The summed E-state index contributed by atoms with van der Waals surface area (Å²) in [5.74, 6) is -0.814. The van der Waals surface area contributed by atoms with Crippen LogP contribution in [0, 0.1) is 5.82 Å². The first-order chi connectivity index (χ1) is 15.0. The number of amides is 1. The molecule has 0 aliphatic carbocycles. The van der Waals surface area contributed by atoms with E-state index in [1.165, 1.54) is 12.1 Å². The summed E-state index contributed by atoms with van der Waals surface area (Å²) in [6, 6.07) is 8.95. The van der Waals surface area contributed by atoms with Crippen LogP contribution in [0.15, 0.2) is 36.4 Å². The third-order valence-electron chi connectivity index (χ3n) is 4.96. The van der Waals surface area contributed by atoms with Gasteiger partial charge in [0.25, 0.3) is 0 Å². The topological polar surface area (TPSA) is 92.2 Å². The number of aromatic carboxylic acids is 1. The van der Waals surface area contributed by atoms with E-state index in [1.54, 1.807) is 17.0 Å². The molecule has 1 atom stereocenters. The molecule has 0 saturated carbocycles. The minimum absolute atomic E-state index is 0.0631. The van der Waals surface area contributed by atoms with Crippen LogP contribution < -0.4 is 9.64 Å². The predicted molar refractivity (Wildman–Crippen MR) is 117 cm³/mol. The van der Waals surface area contributed by atoms with E-state index < -0.39 is 17.4 Å². The van der Waals surface area contributed by atoms with Crippen LogP contribution in [0.1, 0.15) is 43.6 Å². The number of halogens is 1. The lowest BCUT2D eigenvalue weighted by atomic mass is 10.1. The minimum Gasteiger partial charge on any atom is -0.478 e. The molecule has 1 fully saturated rings. The molecule has 3 rings (SSSR count). The van der Waals surface area contributed by atoms with Crippen molar-refractivity contribution in [3.63, 3.8) is 0 Å². The van der Waals surface area contributed by atoms with Crippen LogP contribution in [-0.4, -0.2) is 58.3 Å². The summed E-state index contributed by atoms with van der Waals surface area (Å²) in [6.45, 7) is 9.08. The van der Waals surface area contributed by atoms with E-state index in [0.29, 0.717) is 31.3 Å². The van der Waals surface area contributed by atoms with Crippen molar-refractivity contribution in [2.24, 2.45) is 0 Å². The van der Waals surface area contributed by atoms with E-state index in [9.17, 15) is 14.0 Å². The Labute approximate surface area is 186 Å². The summed E-state index contributed by atoms with van der Waals surface area (Å²) in [5.41, 5.74) is -0.429. The van der Waals surface area contributed by atoms with Gasteiger partial charge in [-0.1, -0.05) is 12.1 Å². The molecule has 1 N–H and O–H groups in total. The Balaban J connectivity index is 1.62. The van der Waals surface area contributed by atoms with Gasteiger partial charge < -0.3 is 24.4 Å². The zero-order chi connectivity index (χ0) is 23.5. The van der Waals surface area contributed by atoms with Gasteiger partial charge in [-0.05, 0) is 45.9 Å². The number of pyridine rings is 1. The molecule has 9 heteroatoms. The summed E-state index contributed by atoms with van der Waals surface area (Å²) < 4.78 is 25.2. The number of hydrogen-bond donors (Lipinski definition) is 1. The van der Waals surface area contributed by atoms with E-state index >= 15 is 0 Å². The Hall–Kier alpha value is -3.36. The number of carbonyl (C=O) groups is 2. The predicted octanol–water partition coefficient (Wildman–Crippen LogP) is 3.94. The summed E-state index contributed by atoms with van der Waals surface area (Å²) >= 11 is 0. The SMILES string of the molecule is CC1CN(c2cccc(OCc3ccc(C(=O)O)cc3F)n2)CCN1C(=O)OC(C)(C)C. The molecular weight excluding hydrogens is 417 g/mol. The minimum atomic E-state index is -1.19. The summed E-state index contributed by atoms with van der Waals surface area (Å²) in [5, 5.41) is 8.94. The molecule has 0 bridgehead atoms. The lowest BCUT2D eigenvalue weighted by Crippen LogP contribution is -2.55. The maximum absolute atomic E-state index is 14.1. The lowest BCUT2D eigenvalue weighted by Gasteiger charge is -2.40. The zero-order valence-electron chi connectivity index (χ0n) is 18.7. The second-order valence-corrected chi connectivity index (χ2v) is 8.70. The number of rotatable bonds is 5. The normalized spacial score (nSPS) is 16.6. The lowest BCUT2D eigenvalue weighted by molar-refractivity contribution is 0.0158. The van der Waals surface area contributed by atoms with Crippen LogP contribution in [-0.2, 0) is 11.3 Å². The summed E-state index contributed by atoms with van der Waals surface area (Å²) in [4.78, 5) is 31.6. The van der Waals surface area contributed by atoms with Gasteiger partial charge in [-0.2, -0.15) is 4.98 Å². The van der Waals surface area contributed by atoms with Crippen molar-refractivity contribution in [1.82, 2.24) is 9.88 Å². The highest BCUT2D eigenvalue weighted by Gasteiger charge is 2.31. The molecule has 1 amide bonds. The number of aromatic nitrogens is 1. The highest BCUT2D eigenvalue weighted by molar-refractivity contribution is 5.87. The average Bonchev–Trinajstić information content (AvgIpc) is 2.71. The second-order valence-electron chi connectivity index (χ2n) is 8.70. The maximum Gasteiger partial charge on any atom is 0.410 e. The van der Waals surface area contributed by atoms with Gasteiger partial charge >= 0.3 is 12.1 Å². The van der Waals surface area contributed by atoms with Crippen LogP contribution in [0.5, 0.6) is 5.88 Å². The molecule has 32 heavy (non-hydrogen) atoms. The van der Waals surface area contributed by atoms with Gasteiger partial charge in [0.15, 0.2) is 0 Å². The molecule has 2 heterocycles. The highest BCUT2D eigenvalue weighted by atomic mass is 19.1. The van der Waals surface area contributed by atoms with Crippen molar-refractivity contribution in [3.8, 4) is 5.88 Å². The van der Waals surface area contributed by atoms with Crippen molar-refractivity contribution >= 4 is 17.9 Å². The van der Waals surface area contributed by atoms with E-state index in [-0.39, 0.29) is 29.9 Å². The number of carbonyl (C=O) groups excluding carboxylic acids is 1. The number of carboxylic acids is 1. The van der Waals surface area contributed by atoms with E-state index in [1.807, 2.05) is 33.8 Å². The molecule has 1 aromatic heterocycles. The van der Waals surface area contributed by atoms with Gasteiger partial charge in [-0.15, -0.1) is 0 Å². The first kappa shape index (κ1) is 23.3. The largest absolute Gasteiger partial charge is 0.478 e. The van der Waals surface area contributed by atoms with Crippen molar-refractivity contribution < 1.29 is 28.6 Å². The summed E-state index contributed by atoms with van der Waals surface area (Å²) in [7, 11) is 0. The zero-order valence-corrected chi connectivity index (χ0v) is 18.7. The molecule has 1 aromatic carbocycles. The van der Waals surface area contributed by atoms with E-state index in [4.69, 9.17) is 14.6 Å². The first-order valence-electron chi connectivity index (χ1n) is 10.4. The van der Waals surface area contributed by atoms with Crippen molar-refractivity contribution in [3.05, 3.63) is 53.3 Å². The van der Waals surface area contributed by atoms with Crippen LogP contribution >= 0.6 is 0 Å². The monoisotopic (exact) mass is 445 g/mol. The van der Waals surface area contributed by atoms with Gasteiger partial charge in [-0.25, -0.2) is 14.0 Å². The molecular formula is C23H28FN3O5. The summed E-state index contributed by atoms with van der Waals surface area (Å²) in [6.07, 6.45) is -0.328. The number of carboxylic acid groups (broad SMARTS) is 1. The van der Waals surface area contributed by atoms with Crippen molar-refractivity contribution in [2.45, 2.75) is 45.9 Å². The molecule has 1 saturated heterocycles. The fraction of sp³-hybridized carbons (Fsp3) is 0.435. The van der Waals surface area contributed by atoms with Crippen LogP contribution in [0.4, 0.5) is 15.0 Å². The quantitative estimate of drug-likeness (QED) is 0.745.